The molecular formula is C24H17NO5. The van der Waals surface area contributed by atoms with Gasteiger partial charge in [0, 0.05) is 12.1 Å². The summed E-state index contributed by atoms with van der Waals surface area (Å²) in [5.74, 6) is 0.696. The molecule has 4 aromatic carbocycles. The van der Waals surface area contributed by atoms with E-state index in [1.807, 2.05) is 36.4 Å². The van der Waals surface area contributed by atoms with Crippen LogP contribution in [0.3, 0.4) is 0 Å². The molecule has 4 aromatic rings. The Balaban J connectivity index is 1.38. The lowest BCUT2D eigenvalue weighted by Crippen LogP contribution is -2.05. The second-order valence-corrected chi connectivity index (χ2v) is 6.60. The Morgan fingerprint density at radius 1 is 0.800 bits per heavy atom. The second kappa shape index (κ2) is 8.45. The van der Waals surface area contributed by atoms with Gasteiger partial charge in [-0.25, -0.2) is 4.79 Å². The molecule has 0 aliphatic rings. The molecule has 0 N–H and O–H groups in total. The molecule has 0 aliphatic heterocycles. The number of nitrogens with zero attached hydrogens (tertiary/aromatic N) is 1. The third-order valence-corrected chi connectivity index (χ3v) is 4.59. The molecule has 4 rings (SSSR count). The van der Waals surface area contributed by atoms with Crippen molar-refractivity contribution in [3.63, 3.8) is 0 Å². The molecule has 0 amide bonds. The lowest BCUT2D eigenvalue weighted by molar-refractivity contribution is -0.384. The van der Waals surface area contributed by atoms with E-state index in [9.17, 15) is 14.9 Å². The standard InChI is InChI=1S/C24H17NO5/c26-24(23-7-3-5-18-4-1-2-6-22(18)23)29-16-17-8-12-20(13-9-17)30-21-14-10-19(11-15-21)25(27)28/h1-15H,16H2. The second-order valence-electron chi connectivity index (χ2n) is 6.60. The number of hydrogen-bond acceptors (Lipinski definition) is 5. The predicted molar refractivity (Wildman–Crippen MR) is 113 cm³/mol. The van der Waals surface area contributed by atoms with Gasteiger partial charge in [0.2, 0.25) is 0 Å². The molecule has 0 saturated heterocycles. The Bertz CT molecular complexity index is 1200. The number of non-ortho nitro benzene ring substituents is 1. The lowest BCUT2D eigenvalue weighted by atomic mass is 10.0. The molecule has 0 saturated carbocycles. The Labute approximate surface area is 172 Å². The molecule has 0 radical (unpaired) electrons. The highest BCUT2D eigenvalue weighted by molar-refractivity contribution is 6.04. The van der Waals surface area contributed by atoms with Gasteiger partial charge in [0.05, 0.1) is 10.5 Å². The van der Waals surface area contributed by atoms with E-state index >= 15 is 0 Å². The molecule has 0 unspecified atom stereocenters. The average Bonchev–Trinajstić information content (AvgIpc) is 2.78. The van der Waals surface area contributed by atoms with E-state index in [0.29, 0.717) is 17.1 Å². The molecule has 30 heavy (non-hydrogen) atoms. The zero-order valence-electron chi connectivity index (χ0n) is 15.9. The maximum absolute atomic E-state index is 12.5. The Morgan fingerprint density at radius 3 is 2.13 bits per heavy atom. The first-order valence-electron chi connectivity index (χ1n) is 9.26. The van der Waals surface area contributed by atoms with Crippen molar-refractivity contribution in [1.29, 1.82) is 0 Å². The zero-order valence-corrected chi connectivity index (χ0v) is 15.9. The summed E-state index contributed by atoms with van der Waals surface area (Å²) >= 11 is 0. The maximum Gasteiger partial charge on any atom is 0.339 e. The summed E-state index contributed by atoms with van der Waals surface area (Å²) in [7, 11) is 0. The van der Waals surface area contributed by atoms with Crippen molar-refractivity contribution in [1.82, 2.24) is 0 Å². The van der Waals surface area contributed by atoms with Crippen LogP contribution in [-0.2, 0) is 11.3 Å². The average molecular weight is 399 g/mol. The number of nitro benzene ring substituents is 1. The fourth-order valence-electron chi connectivity index (χ4n) is 3.06. The first-order valence-corrected chi connectivity index (χ1v) is 9.26. The highest BCUT2D eigenvalue weighted by atomic mass is 16.6. The van der Waals surface area contributed by atoms with Crippen LogP contribution in [0.15, 0.2) is 91.0 Å². The fourth-order valence-corrected chi connectivity index (χ4v) is 3.06. The van der Waals surface area contributed by atoms with Crippen LogP contribution in [0.4, 0.5) is 5.69 Å². The van der Waals surface area contributed by atoms with Crippen molar-refractivity contribution < 1.29 is 19.2 Å². The largest absolute Gasteiger partial charge is 0.457 e. The molecular weight excluding hydrogens is 382 g/mol. The van der Waals surface area contributed by atoms with Gasteiger partial charge in [-0.15, -0.1) is 0 Å². The monoisotopic (exact) mass is 399 g/mol. The first kappa shape index (κ1) is 19.1. The normalized spacial score (nSPS) is 10.5. The van der Waals surface area contributed by atoms with Crippen LogP contribution in [-0.4, -0.2) is 10.9 Å². The van der Waals surface area contributed by atoms with Crippen LogP contribution < -0.4 is 4.74 Å². The number of fused-ring (bicyclic) bond motifs is 1. The van der Waals surface area contributed by atoms with Gasteiger partial charge in [0.25, 0.3) is 5.69 Å². The van der Waals surface area contributed by atoms with Crippen LogP contribution in [0.25, 0.3) is 10.8 Å². The molecule has 0 heterocycles. The lowest BCUT2D eigenvalue weighted by Gasteiger charge is -2.09. The van der Waals surface area contributed by atoms with Crippen molar-refractivity contribution in [2.45, 2.75) is 6.61 Å². The number of esters is 1. The summed E-state index contributed by atoms with van der Waals surface area (Å²) in [6, 6.07) is 26.2. The summed E-state index contributed by atoms with van der Waals surface area (Å²) in [6.07, 6.45) is 0. The third-order valence-electron chi connectivity index (χ3n) is 4.59. The van der Waals surface area contributed by atoms with E-state index in [1.165, 1.54) is 24.3 Å². The van der Waals surface area contributed by atoms with E-state index in [4.69, 9.17) is 9.47 Å². The SMILES string of the molecule is O=C(OCc1ccc(Oc2ccc([N+](=O)[O-])cc2)cc1)c1cccc2ccccc12. The van der Waals surface area contributed by atoms with Gasteiger partial charge in [0.15, 0.2) is 0 Å². The Morgan fingerprint density at radius 2 is 1.43 bits per heavy atom. The molecule has 0 atom stereocenters. The molecule has 0 aromatic heterocycles. The van der Waals surface area contributed by atoms with Gasteiger partial charge in [-0.05, 0) is 46.7 Å². The number of ether oxygens (including phenoxy) is 2. The van der Waals surface area contributed by atoms with Gasteiger partial charge < -0.3 is 9.47 Å². The van der Waals surface area contributed by atoms with Crippen molar-refractivity contribution in [3.05, 3.63) is 112 Å². The van der Waals surface area contributed by atoms with E-state index in [-0.39, 0.29) is 18.3 Å². The quantitative estimate of drug-likeness (QED) is 0.229. The van der Waals surface area contributed by atoms with Crippen LogP contribution in [0, 0.1) is 10.1 Å². The summed E-state index contributed by atoms with van der Waals surface area (Å²) in [6.45, 7) is 0.139. The third kappa shape index (κ3) is 4.28. The van der Waals surface area contributed by atoms with Crippen LogP contribution in [0.2, 0.25) is 0 Å². The molecule has 148 valence electrons. The number of nitro groups is 1. The molecule has 0 spiro atoms. The molecule has 6 heteroatoms. The van der Waals surface area contributed by atoms with Crippen molar-refractivity contribution in [2.24, 2.45) is 0 Å². The van der Waals surface area contributed by atoms with E-state index < -0.39 is 4.92 Å². The number of hydrogen-bond donors (Lipinski definition) is 0. The summed E-state index contributed by atoms with van der Waals surface area (Å²) in [5.41, 5.74) is 1.36. The smallest absolute Gasteiger partial charge is 0.339 e. The van der Waals surface area contributed by atoms with Gasteiger partial charge >= 0.3 is 5.97 Å². The van der Waals surface area contributed by atoms with Crippen molar-refractivity contribution >= 4 is 22.4 Å². The van der Waals surface area contributed by atoms with E-state index in [0.717, 1.165) is 16.3 Å². The predicted octanol–water partition coefficient (Wildman–Crippen LogP) is 5.90. The summed E-state index contributed by atoms with van der Waals surface area (Å²) in [4.78, 5) is 22.8. The highest BCUT2D eigenvalue weighted by Crippen LogP contribution is 2.24. The highest BCUT2D eigenvalue weighted by Gasteiger charge is 2.11. The molecule has 0 aliphatic carbocycles. The van der Waals surface area contributed by atoms with Gasteiger partial charge in [0.1, 0.15) is 18.1 Å². The molecule has 6 nitrogen and oxygen atoms in total. The van der Waals surface area contributed by atoms with Crippen LogP contribution in [0.1, 0.15) is 15.9 Å². The Hall–Kier alpha value is -4.19. The number of carbonyl (C=O) groups excluding carboxylic acids is 1. The maximum atomic E-state index is 12.5. The fraction of sp³-hybridized carbons (Fsp3) is 0.0417. The summed E-state index contributed by atoms with van der Waals surface area (Å²) in [5, 5.41) is 12.5. The van der Waals surface area contributed by atoms with Gasteiger partial charge in [-0.1, -0.05) is 48.5 Å². The van der Waals surface area contributed by atoms with Gasteiger partial charge in [-0.3, -0.25) is 10.1 Å². The zero-order chi connectivity index (χ0) is 20.9. The minimum Gasteiger partial charge on any atom is -0.457 e. The molecule has 0 fully saturated rings. The van der Waals surface area contributed by atoms with Crippen molar-refractivity contribution in [2.75, 3.05) is 0 Å². The number of benzene rings is 4. The van der Waals surface area contributed by atoms with Crippen LogP contribution >= 0.6 is 0 Å². The summed E-state index contributed by atoms with van der Waals surface area (Å²) < 4.78 is 11.2. The first-order chi connectivity index (χ1) is 14.6. The minimum atomic E-state index is -0.460. The molecule has 0 bridgehead atoms. The van der Waals surface area contributed by atoms with E-state index in [2.05, 4.69) is 0 Å². The van der Waals surface area contributed by atoms with E-state index in [1.54, 1.807) is 30.3 Å². The number of rotatable bonds is 6. The van der Waals surface area contributed by atoms with Crippen molar-refractivity contribution in [3.8, 4) is 11.5 Å². The topological polar surface area (TPSA) is 78.7 Å². The van der Waals surface area contributed by atoms with Crippen LogP contribution in [0.5, 0.6) is 11.5 Å². The number of carbonyl (C=O) groups is 1. The Kier molecular flexibility index (Phi) is 5.39. The minimum absolute atomic E-state index is 0.00529. The van der Waals surface area contributed by atoms with Gasteiger partial charge in [-0.2, -0.15) is 0 Å².